The van der Waals surface area contributed by atoms with Crippen LogP contribution in [-0.4, -0.2) is 47.0 Å². The van der Waals surface area contributed by atoms with Gasteiger partial charge in [0.2, 0.25) is 0 Å². The molecule has 2 aromatic rings. The molecule has 0 saturated heterocycles. The van der Waals surface area contributed by atoms with Crippen molar-refractivity contribution in [2.24, 2.45) is 0 Å². The van der Waals surface area contributed by atoms with Crippen LogP contribution >= 0.6 is 0 Å². The minimum Gasteiger partial charge on any atom is -0.491 e. The van der Waals surface area contributed by atoms with Crippen LogP contribution in [0.1, 0.15) is 36.0 Å². The molecular weight excluding hydrogens is 387 g/mol. The molecule has 0 spiro atoms. The number of carbonyl (C=O) groups is 1. The van der Waals surface area contributed by atoms with Gasteiger partial charge in [-0.15, -0.1) is 0 Å². The summed E-state index contributed by atoms with van der Waals surface area (Å²) in [5.74, 6) is 0.505. The summed E-state index contributed by atoms with van der Waals surface area (Å²) in [5, 5.41) is 2.99. The number of aromatic nitrogens is 2. The van der Waals surface area contributed by atoms with Crippen molar-refractivity contribution in [3.05, 3.63) is 36.3 Å². The number of hydrogen-bond donors (Lipinski definition) is 1. The summed E-state index contributed by atoms with van der Waals surface area (Å²) in [4.78, 5) is 16.9. The molecule has 2 aliphatic rings. The molecule has 1 fully saturated rings. The van der Waals surface area contributed by atoms with Gasteiger partial charge in [-0.3, -0.25) is 4.79 Å². The molecule has 29 heavy (non-hydrogen) atoms. The summed E-state index contributed by atoms with van der Waals surface area (Å²) in [6.45, 7) is -0.00474. The number of halogens is 3. The molecule has 9 heteroatoms. The van der Waals surface area contributed by atoms with Crippen molar-refractivity contribution in [1.82, 2.24) is 14.9 Å². The lowest BCUT2D eigenvalue weighted by molar-refractivity contribution is -0.188. The largest absolute Gasteiger partial charge is 0.491 e. The first-order valence-corrected chi connectivity index (χ1v) is 9.65. The highest BCUT2D eigenvalue weighted by atomic mass is 19.4. The van der Waals surface area contributed by atoms with Crippen molar-refractivity contribution in [2.75, 3.05) is 13.2 Å². The molecule has 2 heterocycles. The molecular formula is C20H22F3N3O3. The lowest BCUT2D eigenvalue weighted by atomic mass is 9.92. The average molecular weight is 409 g/mol. The normalized spacial score (nSPS) is 21.5. The Balaban J connectivity index is 1.37. The van der Waals surface area contributed by atoms with Crippen LogP contribution in [0.4, 0.5) is 13.2 Å². The van der Waals surface area contributed by atoms with E-state index in [0.29, 0.717) is 50.1 Å². The van der Waals surface area contributed by atoms with E-state index in [1.807, 2.05) is 4.57 Å². The number of imidazole rings is 1. The van der Waals surface area contributed by atoms with E-state index in [-0.39, 0.29) is 11.9 Å². The van der Waals surface area contributed by atoms with Crippen LogP contribution < -0.4 is 10.1 Å². The highest BCUT2D eigenvalue weighted by molar-refractivity contribution is 5.96. The Morgan fingerprint density at radius 3 is 2.83 bits per heavy atom. The van der Waals surface area contributed by atoms with Crippen molar-refractivity contribution >= 4 is 5.91 Å². The molecule has 6 nitrogen and oxygen atoms in total. The molecule has 0 radical (unpaired) electrons. The third-order valence-electron chi connectivity index (χ3n) is 5.31. The Bertz CT molecular complexity index is 873. The van der Waals surface area contributed by atoms with E-state index in [2.05, 4.69) is 10.3 Å². The van der Waals surface area contributed by atoms with E-state index in [0.717, 1.165) is 11.3 Å². The second-order valence-electron chi connectivity index (χ2n) is 7.40. The fraction of sp³-hybridized carbons (Fsp3) is 0.500. The number of alkyl halides is 3. The van der Waals surface area contributed by atoms with E-state index in [4.69, 9.17) is 9.47 Å². The summed E-state index contributed by atoms with van der Waals surface area (Å²) < 4.78 is 49.5. The van der Waals surface area contributed by atoms with E-state index in [1.54, 1.807) is 30.7 Å². The quantitative estimate of drug-likeness (QED) is 0.839. The van der Waals surface area contributed by atoms with Crippen LogP contribution in [0.5, 0.6) is 5.75 Å². The Morgan fingerprint density at radius 1 is 1.28 bits per heavy atom. The summed E-state index contributed by atoms with van der Waals surface area (Å²) in [6.07, 6.45) is 0.947. The van der Waals surface area contributed by atoms with Gasteiger partial charge in [-0.05, 0) is 43.9 Å². The number of ether oxygens (including phenoxy) is 2. The molecule has 156 valence electrons. The van der Waals surface area contributed by atoms with E-state index in [9.17, 15) is 18.0 Å². The molecule has 1 aromatic carbocycles. The van der Waals surface area contributed by atoms with Crippen LogP contribution in [0.15, 0.2) is 30.7 Å². The molecule has 0 bridgehead atoms. The molecule has 1 amide bonds. The molecule has 1 saturated carbocycles. The van der Waals surface area contributed by atoms with Crippen LogP contribution in [0, 0.1) is 0 Å². The van der Waals surface area contributed by atoms with Gasteiger partial charge < -0.3 is 19.4 Å². The van der Waals surface area contributed by atoms with Crippen LogP contribution in [0.2, 0.25) is 0 Å². The minimum absolute atomic E-state index is 0.0752. The number of fused-ring (bicyclic) bond motifs is 3. The molecule has 1 aromatic heterocycles. The van der Waals surface area contributed by atoms with Gasteiger partial charge in [0.1, 0.15) is 19.0 Å². The summed E-state index contributed by atoms with van der Waals surface area (Å²) in [6, 6.07) is 5.23. The molecule has 0 unspecified atom stereocenters. The highest BCUT2D eigenvalue weighted by Crippen LogP contribution is 2.33. The molecule has 4 rings (SSSR count). The zero-order valence-electron chi connectivity index (χ0n) is 15.7. The van der Waals surface area contributed by atoms with Crippen molar-refractivity contribution in [3.63, 3.8) is 0 Å². The number of rotatable bonds is 4. The Morgan fingerprint density at radius 2 is 2.07 bits per heavy atom. The molecule has 1 N–H and O–H groups in total. The second kappa shape index (κ2) is 8.06. The first-order chi connectivity index (χ1) is 13.9. The summed E-state index contributed by atoms with van der Waals surface area (Å²) in [5.41, 5.74) is 2.23. The van der Waals surface area contributed by atoms with Crippen LogP contribution in [0.25, 0.3) is 11.3 Å². The molecule has 1 aliphatic heterocycles. The summed E-state index contributed by atoms with van der Waals surface area (Å²) in [7, 11) is 0. The standard InChI is InChI=1S/C20H22F3N3O3/c21-20(22,23)11-29-15-4-2-14(3-5-15)25-19(27)13-1-6-18-16(9-13)17-10-24-12-26(17)7-8-28-18/h1,6,9-10,12,14-15H,2-5,7-8,11H2,(H,25,27). The zero-order chi connectivity index (χ0) is 20.4. The van der Waals surface area contributed by atoms with Crippen LogP contribution in [-0.2, 0) is 11.3 Å². The van der Waals surface area contributed by atoms with E-state index < -0.39 is 18.9 Å². The number of amides is 1. The first kappa shape index (κ1) is 19.8. The lowest BCUT2D eigenvalue weighted by Gasteiger charge is -2.29. The Hall–Kier alpha value is -2.55. The topological polar surface area (TPSA) is 65.4 Å². The average Bonchev–Trinajstić information content (AvgIpc) is 3.08. The maximum absolute atomic E-state index is 12.7. The first-order valence-electron chi connectivity index (χ1n) is 9.65. The van der Waals surface area contributed by atoms with Gasteiger partial charge >= 0.3 is 6.18 Å². The van der Waals surface area contributed by atoms with E-state index in [1.165, 1.54) is 0 Å². The van der Waals surface area contributed by atoms with Gasteiger partial charge in [-0.25, -0.2) is 4.98 Å². The van der Waals surface area contributed by atoms with E-state index >= 15 is 0 Å². The monoisotopic (exact) mass is 409 g/mol. The number of nitrogens with one attached hydrogen (secondary N) is 1. The van der Waals surface area contributed by atoms with Gasteiger partial charge in [-0.1, -0.05) is 0 Å². The van der Waals surface area contributed by atoms with Crippen molar-refractivity contribution in [1.29, 1.82) is 0 Å². The lowest BCUT2D eigenvalue weighted by Crippen LogP contribution is -2.39. The van der Waals surface area contributed by atoms with Gasteiger partial charge in [0, 0.05) is 17.2 Å². The van der Waals surface area contributed by atoms with Crippen molar-refractivity contribution in [2.45, 2.75) is 50.6 Å². The number of carbonyl (C=O) groups excluding carboxylic acids is 1. The Labute approximate surface area is 166 Å². The van der Waals surface area contributed by atoms with Gasteiger partial charge in [-0.2, -0.15) is 13.2 Å². The third-order valence-corrected chi connectivity index (χ3v) is 5.31. The second-order valence-corrected chi connectivity index (χ2v) is 7.40. The maximum atomic E-state index is 12.7. The highest BCUT2D eigenvalue weighted by Gasteiger charge is 2.31. The van der Waals surface area contributed by atoms with Gasteiger partial charge in [0.05, 0.1) is 30.9 Å². The van der Waals surface area contributed by atoms with Gasteiger partial charge in [0.25, 0.3) is 5.91 Å². The Kier molecular flexibility index (Phi) is 5.49. The van der Waals surface area contributed by atoms with Gasteiger partial charge in [0.15, 0.2) is 0 Å². The number of hydrogen-bond acceptors (Lipinski definition) is 4. The molecule has 1 aliphatic carbocycles. The SMILES string of the molecule is O=C(NC1CCC(OCC(F)(F)F)CC1)c1ccc2c(c1)-c1cncn1CCO2. The number of nitrogens with zero attached hydrogens (tertiary/aromatic N) is 2. The predicted octanol–water partition coefficient (Wildman–Crippen LogP) is 3.56. The smallest absolute Gasteiger partial charge is 0.411 e. The number of benzene rings is 1. The maximum Gasteiger partial charge on any atom is 0.411 e. The third kappa shape index (κ3) is 4.72. The van der Waals surface area contributed by atoms with Crippen molar-refractivity contribution < 1.29 is 27.4 Å². The summed E-state index contributed by atoms with van der Waals surface area (Å²) >= 11 is 0. The molecule has 0 atom stereocenters. The van der Waals surface area contributed by atoms with Crippen molar-refractivity contribution in [3.8, 4) is 17.0 Å². The fourth-order valence-corrected chi connectivity index (χ4v) is 3.83. The van der Waals surface area contributed by atoms with Crippen LogP contribution in [0.3, 0.4) is 0 Å². The predicted molar refractivity (Wildman–Crippen MR) is 98.7 cm³/mol. The minimum atomic E-state index is -4.31. The zero-order valence-corrected chi connectivity index (χ0v) is 15.7. The fourth-order valence-electron chi connectivity index (χ4n) is 3.83.